The summed E-state index contributed by atoms with van der Waals surface area (Å²) in [5, 5.41) is 10.8. The van der Waals surface area contributed by atoms with Crippen LogP contribution >= 0.6 is 0 Å². The molecule has 0 saturated heterocycles. The summed E-state index contributed by atoms with van der Waals surface area (Å²) >= 11 is 0. The van der Waals surface area contributed by atoms with Crippen molar-refractivity contribution in [1.29, 1.82) is 0 Å². The number of carbonyl (C=O) groups is 1. The third-order valence-corrected chi connectivity index (χ3v) is 5.36. The van der Waals surface area contributed by atoms with E-state index in [2.05, 4.69) is 13.0 Å². The zero-order valence-corrected chi connectivity index (χ0v) is 16.4. The Kier molecular flexibility index (Phi) is 6.29. The smallest absolute Gasteiger partial charge is 0.269 e. The maximum Gasteiger partial charge on any atom is 0.269 e. The van der Waals surface area contributed by atoms with Gasteiger partial charge in [0.2, 0.25) is 5.91 Å². The van der Waals surface area contributed by atoms with Crippen molar-refractivity contribution in [2.45, 2.75) is 45.1 Å². The van der Waals surface area contributed by atoms with Gasteiger partial charge in [0.1, 0.15) is 5.75 Å². The van der Waals surface area contributed by atoms with Crippen LogP contribution in [0.1, 0.15) is 36.5 Å². The number of methoxy groups -OCH3 is 1. The fourth-order valence-corrected chi connectivity index (χ4v) is 3.97. The Bertz CT molecular complexity index is 848. The Balaban J connectivity index is 1.73. The summed E-state index contributed by atoms with van der Waals surface area (Å²) in [5.74, 6) is 1.00. The molecule has 0 bridgehead atoms. The second kappa shape index (κ2) is 8.87. The van der Waals surface area contributed by atoms with Gasteiger partial charge in [-0.15, -0.1) is 0 Å². The monoisotopic (exact) mass is 382 g/mol. The molecule has 0 aliphatic heterocycles. The van der Waals surface area contributed by atoms with Gasteiger partial charge in [-0.05, 0) is 48.4 Å². The lowest BCUT2D eigenvalue weighted by atomic mass is 9.86. The van der Waals surface area contributed by atoms with Crippen molar-refractivity contribution >= 4 is 11.6 Å². The second-order valence-electron chi connectivity index (χ2n) is 7.18. The number of hydrogen-bond acceptors (Lipinski definition) is 4. The molecular formula is C22H26N2O4. The summed E-state index contributed by atoms with van der Waals surface area (Å²) in [7, 11) is 1.69. The van der Waals surface area contributed by atoms with Crippen molar-refractivity contribution < 1.29 is 14.5 Å². The van der Waals surface area contributed by atoms with E-state index < -0.39 is 4.92 Å². The van der Waals surface area contributed by atoms with E-state index in [1.807, 2.05) is 17.0 Å². The van der Waals surface area contributed by atoms with E-state index in [4.69, 9.17) is 4.74 Å². The van der Waals surface area contributed by atoms with Crippen LogP contribution in [0.25, 0.3) is 0 Å². The number of nitro groups is 1. The fraction of sp³-hybridized carbons (Fsp3) is 0.409. The van der Waals surface area contributed by atoms with Crippen LogP contribution < -0.4 is 4.74 Å². The summed E-state index contributed by atoms with van der Waals surface area (Å²) in [6, 6.07) is 12.5. The largest absolute Gasteiger partial charge is 0.496 e. The van der Waals surface area contributed by atoms with Crippen molar-refractivity contribution in [2.24, 2.45) is 0 Å². The molecule has 0 N–H and O–H groups in total. The number of amides is 1. The minimum Gasteiger partial charge on any atom is -0.496 e. The SMILES string of the molecule is CCCN(C(=O)Cc1ccc([N+](=O)[O-])cc1)[C@H]1CCc2c(cccc2OC)C1. The molecule has 6 nitrogen and oxygen atoms in total. The molecular weight excluding hydrogens is 356 g/mol. The zero-order chi connectivity index (χ0) is 20.1. The second-order valence-corrected chi connectivity index (χ2v) is 7.18. The third kappa shape index (κ3) is 4.32. The van der Waals surface area contributed by atoms with E-state index in [-0.39, 0.29) is 24.1 Å². The van der Waals surface area contributed by atoms with E-state index in [0.717, 1.165) is 43.5 Å². The van der Waals surface area contributed by atoms with Gasteiger partial charge in [0.25, 0.3) is 5.69 Å². The Labute approximate surface area is 165 Å². The number of nitrogens with zero attached hydrogens (tertiary/aromatic N) is 2. The van der Waals surface area contributed by atoms with Crippen LogP contribution in [0, 0.1) is 10.1 Å². The van der Waals surface area contributed by atoms with Crippen molar-refractivity contribution in [1.82, 2.24) is 4.90 Å². The highest BCUT2D eigenvalue weighted by Gasteiger charge is 2.28. The summed E-state index contributed by atoms with van der Waals surface area (Å²) in [6.45, 7) is 2.79. The molecule has 1 aliphatic rings. The third-order valence-electron chi connectivity index (χ3n) is 5.36. The summed E-state index contributed by atoms with van der Waals surface area (Å²) in [6.07, 6.45) is 3.81. The number of non-ortho nitro benzene ring substituents is 1. The van der Waals surface area contributed by atoms with Crippen LogP contribution in [0.5, 0.6) is 5.75 Å². The van der Waals surface area contributed by atoms with Crippen LogP contribution in [0.2, 0.25) is 0 Å². The van der Waals surface area contributed by atoms with Crippen LogP contribution in [-0.4, -0.2) is 35.4 Å². The molecule has 2 aromatic carbocycles. The van der Waals surface area contributed by atoms with Crippen molar-refractivity contribution in [3.05, 3.63) is 69.3 Å². The van der Waals surface area contributed by atoms with Gasteiger partial charge in [-0.1, -0.05) is 31.2 Å². The Morgan fingerprint density at radius 1 is 1.25 bits per heavy atom. The topological polar surface area (TPSA) is 72.7 Å². The highest BCUT2D eigenvalue weighted by atomic mass is 16.6. The molecule has 148 valence electrons. The molecule has 1 aliphatic carbocycles. The van der Waals surface area contributed by atoms with Gasteiger partial charge in [-0.3, -0.25) is 14.9 Å². The number of benzene rings is 2. The predicted molar refractivity (Wildman–Crippen MR) is 108 cm³/mol. The number of rotatable bonds is 7. The first kappa shape index (κ1) is 19.9. The molecule has 6 heteroatoms. The van der Waals surface area contributed by atoms with E-state index in [1.165, 1.54) is 23.3 Å². The van der Waals surface area contributed by atoms with Crippen LogP contribution in [0.3, 0.4) is 0 Å². The van der Waals surface area contributed by atoms with Crippen LogP contribution in [0.15, 0.2) is 42.5 Å². The zero-order valence-electron chi connectivity index (χ0n) is 16.4. The van der Waals surface area contributed by atoms with Gasteiger partial charge in [0.15, 0.2) is 0 Å². The Hall–Kier alpha value is -2.89. The highest BCUT2D eigenvalue weighted by Crippen LogP contribution is 2.31. The number of hydrogen-bond donors (Lipinski definition) is 0. The molecule has 3 rings (SSSR count). The molecule has 1 amide bonds. The maximum atomic E-state index is 13.0. The number of fused-ring (bicyclic) bond motifs is 1. The quantitative estimate of drug-likeness (QED) is 0.537. The lowest BCUT2D eigenvalue weighted by Gasteiger charge is -2.35. The van der Waals surface area contributed by atoms with Crippen LogP contribution in [0.4, 0.5) is 5.69 Å². The van der Waals surface area contributed by atoms with Crippen molar-refractivity contribution in [2.75, 3.05) is 13.7 Å². The number of nitro benzene ring substituents is 1. The normalized spacial score (nSPS) is 15.6. The highest BCUT2D eigenvalue weighted by molar-refractivity contribution is 5.79. The minimum absolute atomic E-state index is 0.0412. The summed E-state index contributed by atoms with van der Waals surface area (Å²) < 4.78 is 5.48. The molecule has 0 aromatic heterocycles. The fourth-order valence-electron chi connectivity index (χ4n) is 3.97. The lowest BCUT2D eigenvalue weighted by molar-refractivity contribution is -0.384. The van der Waals surface area contributed by atoms with E-state index >= 15 is 0 Å². The molecule has 0 fully saturated rings. The van der Waals surface area contributed by atoms with Gasteiger partial charge < -0.3 is 9.64 Å². The molecule has 1 atom stereocenters. The van der Waals surface area contributed by atoms with Gasteiger partial charge in [-0.25, -0.2) is 0 Å². The van der Waals surface area contributed by atoms with Gasteiger partial charge in [-0.2, -0.15) is 0 Å². The first-order valence-corrected chi connectivity index (χ1v) is 9.71. The average Bonchev–Trinajstić information content (AvgIpc) is 2.71. The number of carbonyl (C=O) groups excluding carboxylic acids is 1. The first-order valence-electron chi connectivity index (χ1n) is 9.71. The standard InChI is InChI=1S/C22H26N2O4/c1-3-13-23(22(25)14-16-7-9-18(10-8-16)24(26)27)19-11-12-20-17(15-19)5-4-6-21(20)28-2/h4-10,19H,3,11-15H2,1-2H3/t19-/m0/s1. The van der Waals surface area contributed by atoms with Crippen LogP contribution in [-0.2, 0) is 24.1 Å². The van der Waals surface area contributed by atoms with Gasteiger partial charge in [0, 0.05) is 24.7 Å². The van der Waals surface area contributed by atoms with E-state index in [0.29, 0.717) is 0 Å². The van der Waals surface area contributed by atoms with Crippen molar-refractivity contribution in [3.8, 4) is 5.75 Å². The molecule has 0 saturated carbocycles. The lowest BCUT2D eigenvalue weighted by Crippen LogP contribution is -2.44. The average molecular weight is 382 g/mol. The van der Waals surface area contributed by atoms with Gasteiger partial charge >= 0.3 is 0 Å². The summed E-state index contributed by atoms with van der Waals surface area (Å²) in [4.78, 5) is 25.4. The molecule has 2 aromatic rings. The molecule has 0 radical (unpaired) electrons. The molecule has 28 heavy (non-hydrogen) atoms. The Morgan fingerprint density at radius 2 is 2.00 bits per heavy atom. The van der Waals surface area contributed by atoms with Crippen molar-refractivity contribution in [3.63, 3.8) is 0 Å². The molecule has 0 heterocycles. The Morgan fingerprint density at radius 3 is 2.64 bits per heavy atom. The van der Waals surface area contributed by atoms with E-state index in [9.17, 15) is 14.9 Å². The molecule has 0 spiro atoms. The maximum absolute atomic E-state index is 13.0. The molecule has 0 unspecified atom stereocenters. The van der Waals surface area contributed by atoms with Gasteiger partial charge in [0.05, 0.1) is 18.5 Å². The number of ether oxygens (including phenoxy) is 1. The van der Waals surface area contributed by atoms with E-state index in [1.54, 1.807) is 19.2 Å². The first-order chi connectivity index (χ1) is 13.5. The predicted octanol–water partition coefficient (Wildman–Crippen LogP) is 3.94. The minimum atomic E-state index is -0.428. The summed E-state index contributed by atoms with van der Waals surface area (Å²) in [5.41, 5.74) is 3.34.